The van der Waals surface area contributed by atoms with Crippen LogP contribution in [0.25, 0.3) is 11.7 Å². The normalized spacial score (nSPS) is 14.9. The lowest BCUT2D eigenvalue weighted by molar-refractivity contribution is -0.914. The quantitative estimate of drug-likeness (QED) is 0.387. The van der Waals surface area contributed by atoms with Crippen LogP contribution in [0.1, 0.15) is 16.7 Å². The van der Waals surface area contributed by atoms with Gasteiger partial charge in [0.2, 0.25) is 9.84 Å². The smallest absolute Gasteiger partial charge is 0.267 e. The zero-order valence-electron chi connectivity index (χ0n) is 21.0. The Morgan fingerprint density at radius 3 is 2.34 bits per heavy atom. The van der Waals surface area contributed by atoms with Gasteiger partial charge in [-0.05, 0) is 36.8 Å². The molecule has 0 unspecified atom stereocenters. The molecule has 2 aromatic carbocycles. The van der Waals surface area contributed by atoms with Gasteiger partial charge in [-0.1, -0.05) is 54.6 Å². The second kappa shape index (κ2) is 10.6. The third-order valence-corrected chi connectivity index (χ3v) is 8.54. The second-order valence-corrected chi connectivity index (χ2v) is 11.3. The number of nitrogens with zero attached hydrogens (tertiary/aromatic N) is 4. The van der Waals surface area contributed by atoms with E-state index >= 15 is 0 Å². The lowest BCUT2D eigenvalue weighted by Gasteiger charge is -2.33. The molecule has 0 bridgehead atoms. The van der Waals surface area contributed by atoms with Crippen LogP contribution in [0.15, 0.2) is 93.6 Å². The van der Waals surface area contributed by atoms with E-state index in [-0.39, 0.29) is 10.5 Å². The van der Waals surface area contributed by atoms with Crippen LogP contribution in [0.2, 0.25) is 0 Å². The summed E-state index contributed by atoms with van der Waals surface area (Å²) in [6, 6.07) is 23.5. The second-order valence-electron chi connectivity index (χ2n) is 9.38. The predicted octanol–water partition coefficient (Wildman–Crippen LogP) is 2.25. The number of aromatic nitrogens is 2. The number of piperazine rings is 1. The molecular weight excluding hydrogens is 498 g/mol. The number of benzene rings is 2. The number of aryl methyl sites for hydroxylation is 1. The van der Waals surface area contributed by atoms with Crippen molar-refractivity contribution < 1.29 is 13.3 Å². The molecule has 0 aliphatic carbocycles. The molecule has 192 valence electrons. The van der Waals surface area contributed by atoms with Gasteiger partial charge in [0, 0.05) is 11.8 Å². The van der Waals surface area contributed by atoms with Crippen molar-refractivity contribution in [1.82, 2.24) is 9.38 Å². The lowest BCUT2D eigenvalue weighted by atomic mass is 10.2. The van der Waals surface area contributed by atoms with Gasteiger partial charge in [-0.25, -0.2) is 13.4 Å². The Kier molecular flexibility index (Phi) is 7.09. The van der Waals surface area contributed by atoms with Crippen molar-refractivity contribution in [2.75, 3.05) is 31.1 Å². The van der Waals surface area contributed by atoms with Gasteiger partial charge >= 0.3 is 0 Å². The summed E-state index contributed by atoms with van der Waals surface area (Å²) in [6.45, 7) is 5.74. The third-order valence-electron chi connectivity index (χ3n) is 6.86. The van der Waals surface area contributed by atoms with E-state index in [2.05, 4.69) is 12.1 Å². The van der Waals surface area contributed by atoms with Gasteiger partial charge in [-0.2, -0.15) is 5.26 Å². The molecular formula is C29H28N5O3S+. The van der Waals surface area contributed by atoms with Gasteiger partial charge in [-0.15, -0.1) is 0 Å². The summed E-state index contributed by atoms with van der Waals surface area (Å²) >= 11 is 0. The van der Waals surface area contributed by atoms with Crippen LogP contribution < -0.4 is 15.4 Å². The molecule has 9 heteroatoms. The van der Waals surface area contributed by atoms with Crippen LogP contribution in [-0.4, -0.2) is 44.0 Å². The molecule has 8 nitrogen and oxygen atoms in total. The van der Waals surface area contributed by atoms with E-state index in [4.69, 9.17) is 4.98 Å². The van der Waals surface area contributed by atoms with Crippen LogP contribution >= 0.6 is 0 Å². The number of sulfone groups is 1. The van der Waals surface area contributed by atoms with Gasteiger partial charge in [0.1, 0.15) is 29.0 Å². The highest BCUT2D eigenvalue weighted by atomic mass is 32.2. The number of fused-ring (bicyclic) bond motifs is 1. The minimum Gasteiger partial charge on any atom is -0.345 e. The molecule has 1 aliphatic rings. The van der Waals surface area contributed by atoms with Crippen LogP contribution in [0, 0.1) is 18.3 Å². The van der Waals surface area contributed by atoms with Crippen molar-refractivity contribution in [1.29, 1.82) is 5.26 Å². The lowest BCUT2D eigenvalue weighted by Crippen LogP contribution is -3.13. The summed E-state index contributed by atoms with van der Waals surface area (Å²) in [6.07, 6.45) is 2.80. The molecule has 0 saturated carbocycles. The molecule has 1 aliphatic heterocycles. The molecule has 0 spiro atoms. The highest BCUT2D eigenvalue weighted by molar-refractivity contribution is 7.95. The number of nitrogens with one attached hydrogen (secondary N) is 1. The number of hydrogen-bond acceptors (Lipinski definition) is 6. The van der Waals surface area contributed by atoms with E-state index in [0.29, 0.717) is 24.6 Å². The zero-order chi connectivity index (χ0) is 26.7. The Morgan fingerprint density at radius 1 is 1.03 bits per heavy atom. The fourth-order valence-electron chi connectivity index (χ4n) is 4.79. The monoisotopic (exact) mass is 526 g/mol. The minimum atomic E-state index is -4.12. The van der Waals surface area contributed by atoms with Gasteiger partial charge < -0.3 is 9.80 Å². The van der Waals surface area contributed by atoms with Gasteiger partial charge in [0.15, 0.2) is 0 Å². The summed E-state index contributed by atoms with van der Waals surface area (Å²) in [5.74, 6) is 0.402. The number of anilines is 1. The number of pyridine rings is 1. The van der Waals surface area contributed by atoms with Gasteiger partial charge in [-0.3, -0.25) is 9.20 Å². The summed E-state index contributed by atoms with van der Waals surface area (Å²) in [4.78, 5) is 21.5. The predicted molar refractivity (Wildman–Crippen MR) is 146 cm³/mol. The van der Waals surface area contributed by atoms with Crippen molar-refractivity contribution >= 4 is 27.4 Å². The number of quaternary nitrogens is 1. The van der Waals surface area contributed by atoms with Gasteiger partial charge in [0.05, 0.1) is 36.6 Å². The van der Waals surface area contributed by atoms with Crippen LogP contribution in [0.5, 0.6) is 0 Å². The summed E-state index contributed by atoms with van der Waals surface area (Å²) < 4.78 is 27.9. The topological polar surface area (TPSA) is 100.0 Å². The SMILES string of the molecule is Cc1cccn2c(=O)c(/C=C(/C#N)S(=O)(=O)c3ccccc3)c(N3CC[NH+](Cc4ccccc4)CC3)nc12. The largest absolute Gasteiger partial charge is 0.345 e. The first-order valence-corrected chi connectivity index (χ1v) is 13.9. The summed E-state index contributed by atoms with van der Waals surface area (Å²) in [7, 11) is -4.12. The molecule has 1 N–H and O–H groups in total. The van der Waals surface area contributed by atoms with E-state index in [1.807, 2.05) is 42.2 Å². The average Bonchev–Trinajstić information content (AvgIpc) is 2.94. The molecule has 0 radical (unpaired) electrons. The Balaban J connectivity index is 1.56. The van der Waals surface area contributed by atoms with Crippen molar-refractivity contribution in [3.05, 3.63) is 111 Å². The van der Waals surface area contributed by atoms with Crippen LogP contribution in [-0.2, 0) is 16.4 Å². The Bertz CT molecular complexity index is 1700. The van der Waals surface area contributed by atoms with E-state index in [0.717, 1.165) is 25.2 Å². The number of allylic oxidation sites excluding steroid dienone is 1. The summed E-state index contributed by atoms with van der Waals surface area (Å²) in [5.41, 5.74) is 2.28. The molecule has 3 heterocycles. The minimum absolute atomic E-state index is 0.00262. The van der Waals surface area contributed by atoms with E-state index in [1.165, 1.54) is 33.1 Å². The average molecular weight is 527 g/mol. The van der Waals surface area contributed by atoms with Crippen molar-refractivity contribution in [3.63, 3.8) is 0 Å². The van der Waals surface area contributed by atoms with Crippen molar-refractivity contribution in [2.24, 2.45) is 0 Å². The van der Waals surface area contributed by atoms with E-state index < -0.39 is 20.3 Å². The highest BCUT2D eigenvalue weighted by Crippen LogP contribution is 2.25. The Labute approximate surface area is 221 Å². The Hall–Kier alpha value is -4.26. The highest BCUT2D eigenvalue weighted by Gasteiger charge is 2.27. The fraction of sp³-hybridized carbons (Fsp3) is 0.207. The zero-order valence-corrected chi connectivity index (χ0v) is 21.9. The molecule has 2 aromatic heterocycles. The number of hydrogen-bond donors (Lipinski definition) is 1. The first-order chi connectivity index (χ1) is 18.4. The number of nitriles is 1. The first-order valence-electron chi connectivity index (χ1n) is 12.4. The van der Waals surface area contributed by atoms with Crippen LogP contribution in [0.4, 0.5) is 5.82 Å². The van der Waals surface area contributed by atoms with E-state index in [9.17, 15) is 18.5 Å². The molecule has 1 saturated heterocycles. The molecule has 38 heavy (non-hydrogen) atoms. The maximum absolute atomic E-state index is 13.7. The molecule has 4 aromatic rings. The molecule has 0 amide bonds. The maximum atomic E-state index is 13.7. The first kappa shape index (κ1) is 25.4. The maximum Gasteiger partial charge on any atom is 0.267 e. The number of rotatable bonds is 6. The Morgan fingerprint density at radius 2 is 1.68 bits per heavy atom. The third kappa shape index (κ3) is 4.96. The molecule has 0 atom stereocenters. The van der Waals surface area contributed by atoms with Crippen molar-refractivity contribution in [3.8, 4) is 6.07 Å². The standard InChI is InChI=1S/C29H27N5O3S/c1-22-9-8-14-34-27(22)31-28(33-17-15-32(16-18-33)21-23-10-4-2-5-11-23)26(29(34)35)19-25(20-30)38(36,37)24-12-6-3-7-13-24/h2-14,19H,15-18,21H2,1H3/p+1/b25-19-. The summed E-state index contributed by atoms with van der Waals surface area (Å²) in [5, 5.41) is 9.87. The molecule has 1 fully saturated rings. The fourth-order valence-corrected chi connectivity index (χ4v) is 5.95. The van der Waals surface area contributed by atoms with Crippen molar-refractivity contribution in [2.45, 2.75) is 18.4 Å². The van der Waals surface area contributed by atoms with Gasteiger partial charge in [0.25, 0.3) is 5.56 Å². The van der Waals surface area contributed by atoms with Crippen LogP contribution in [0.3, 0.4) is 0 Å². The molecule has 5 rings (SSSR count). The van der Waals surface area contributed by atoms with E-state index in [1.54, 1.807) is 30.5 Å².